The third kappa shape index (κ3) is 4.26. The lowest BCUT2D eigenvalue weighted by Gasteiger charge is -2.04. The second-order valence-corrected chi connectivity index (χ2v) is 7.80. The van der Waals surface area contributed by atoms with E-state index in [1.165, 1.54) is 12.3 Å². The zero-order valence-electron chi connectivity index (χ0n) is 16.5. The molecule has 8 nitrogen and oxygen atoms in total. The monoisotopic (exact) mass is 481 g/mol. The van der Waals surface area contributed by atoms with Gasteiger partial charge in [-0.05, 0) is 61.9 Å². The molecule has 0 fully saturated rings. The number of fused-ring (bicyclic) bond motifs is 1. The molecule has 0 aliphatic rings. The Balaban J connectivity index is 1.48. The van der Waals surface area contributed by atoms with Crippen LogP contribution in [0.4, 0.5) is 5.69 Å². The number of hydrazone groups is 1. The van der Waals surface area contributed by atoms with Crippen LogP contribution in [0.3, 0.4) is 0 Å². The molecule has 1 amide bonds. The summed E-state index contributed by atoms with van der Waals surface area (Å²) in [5.74, 6) is 0.472. The number of nitrogens with one attached hydrogen (secondary N) is 1. The summed E-state index contributed by atoms with van der Waals surface area (Å²) in [6, 6.07) is 13.7. The predicted molar refractivity (Wildman–Crippen MR) is 119 cm³/mol. The first-order valence-corrected chi connectivity index (χ1v) is 9.99. The van der Waals surface area contributed by atoms with Gasteiger partial charge in [-0.1, -0.05) is 15.9 Å². The molecule has 0 bridgehead atoms. The normalized spacial score (nSPS) is 11.3. The smallest absolute Gasteiger partial charge is 0.307 e. The van der Waals surface area contributed by atoms with E-state index in [2.05, 4.69) is 26.5 Å². The molecule has 0 atom stereocenters. The highest BCUT2D eigenvalue weighted by molar-refractivity contribution is 9.10. The molecular weight excluding hydrogens is 466 g/mol. The molecule has 31 heavy (non-hydrogen) atoms. The summed E-state index contributed by atoms with van der Waals surface area (Å²) in [5, 5.41) is 15.9. The number of carbonyl (C=O) groups is 1. The first-order chi connectivity index (χ1) is 14.8. The molecule has 0 saturated heterocycles. The average Bonchev–Trinajstić information content (AvgIpc) is 3.36. The first kappa shape index (κ1) is 20.5. The van der Waals surface area contributed by atoms with E-state index >= 15 is 0 Å². The largest absolute Gasteiger partial charge is 0.455 e. The Morgan fingerprint density at radius 1 is 1.13 bits per heavy atom. The number of carbonyl (C=O) groups excluding carboxylic acids is 1. The fraction of sp³-hybridized carbons (Fsp3) is 0.0909. The molecule has 0 spiro atoms. The van der Waals surface area contributed by atoms with Gasteiger partial charge in [-0.15, -0.1) is 0 Å². The van der Waals surface area contributed by atoms with Gasteiger partial charge in [-0.2, -0.15) is 5.10 Å². The maximum atomic E-state index is 12.3. The highest BCUT2D eigenvalue weighted by Crippen LogP contribution is 2.30. The minimum Gasteiger partial charge on any atom is -0.455 e. The van der Waals surface area contributed by atoms with Crippen LogP contribution in [0.2, 0.25) is 0 Å². The molecule has 2 aromatic carbocycles. The quantitative estimate of drug-likeness (QED) is 0.221. The number of nitrogens with zero attached hydrogens (tertiary/aromatic N) is 2. The molecule has 4 rings (SSSR count). The average molecular weight is 482 g/mol. The number of furan rings is 2. The number of aryl methyl sites for hydroxylation is 1. The lowest BCUT2D eigenvalue weighted by molar-refractivity contribution is -0.385. The number of amides is 1. The lowest BCUT2D eigenvalue weighted by atomic mass is 10.0. The van der Waals surface area contributed by atoms with Gasteiger partial charge in [0.2, 0.25) is 0 Å². The number of hydrogen-bond acceptors (Lipinski definition) is 6. The second-order valence-electron chi connectivity index (χ2n) is 6.89. The Morgan fingerprint density at radius 3 is 2.71 bits per heavy atom. The van der Waals surface area contributed by atoms with Crippen LogP contribution in [-0.2, 0) is 0 Å². The van der Waals surface area contributed by atoms with E-state index in [-0.39, 0.29) is 11.4 Å². The molecule has 0 saturated carbocycles. The van der Waals surface area contributed by atoms with Crippen molar-refractivity contribution in [3.63, 3.8) is 0 Å². The van der Waals surface area contributed by atoms with Crippen LogP contribution in [-0.4, -0.2) is 17.0 Å². The first-order valence-electron chi connectivity index (χ1n) is 9.20. The van der Waals surface area contributed by atoms with Crippen molar-refractivity contribution in [3.05, 3.63) is 85.8 Å². The Labute approximate surface area is 184 Å². The van der Waals surface area contributed by atoms with Crippen LogP contribution < -0.4 is 5.43 Å². The Kier molecular flexibility index (Phi) is 5.43. The fourth-order valence-electron chi connectivity index (χ4n) is 3.09. The molecule has 1 N–H and O–H groups in total. The van der Waals surface area contributed by atoms with Crippen molar-refractivity contribution in [2.45, 2.75) is 13.8 Å². The van der Waals surface area contributed by atoms with E-state index in [0.29, 0.717) is 28.2 Å². The standard InChI is InChI=1S/C22H16BrN3O5/c1-12-7-14(9-18(13(12)2)26(28)29)19-6-4-17(30-19)11-24-25-22(27)21-10-15-8-16(23)3-5-20(15)31-21/h3-11H,1-2H3,(H,25,27)/b24-11+. The highest BCUT2D eigenvalue weighted by Gasteiger charge is 2.16. The van der Waals surface area contributed by atoms with Gasteiger partial charge in [0.05, 0.1) is 11.1 Å². The zero-order chi connectivity index (χ0) is 22.1. The number of nitro groups is 1. The van der Waals surface area contributed by atoms with Crippen LogP contribution in [0.25, 0.3) is 22.3 Å². The molecule has 9 heteroatoms. The number of nitro benzene ring substituents is 1. The summed E-state index contributed by atoms with van der Waals surface area (Å²) in [6.07, 6.45) is 1.34. The highest BCUT2D eigenvalue weighted by atomic mass is 79.9. The van der Waals surface area contributed by atoms with Crippen LogP contribution in [0, 0.1) is 24.0 Å². The Morgan fingerprint density at radius 2 is 1.94 bits per heavy atom. The number of hydrogen-bond donors (Lipinski definition) is 1. The minimum absolute atomic E-state index is 0.0340. The van der Waals surface area contributed by atoms with Crippen molar-refractivity contribution in [2.75, 3.05) is 0 Å². The maximum Gasteiger partial charge on any atom is 0.307 e. The summed E-state index contributed by atoms with van der Waals surface area (Å²) in [4.78, 5) is 23.1. The molecule has 0 unspecified atom stereocenters. The summed E-state index contributed by atoms with van der Waals surface area (Å²) >= 11 is 3.37. The van der Waals surface area contributed by atoms with Gasteiger partial charge in [-0.3, -0.25) is 14.9 Å². The van der Waals surface area contributed by atoms with Crippen LogP contribution in [0.1, 0.15) is 27.4 Å². The number of rotatable bonds is 5. The van der Waals surface area contributed by atoms with E-state index in [9.17, 15) is 14.9 Å². The van der Waals surface area contributed by atoms with Crippen LogP contribution in [0.5, 0.6) is 0 Å². The second kappa shape index (κ2) is 8.19. The van der Waals surface area contributed by atoms with Crippen molar-refractivity contribution < 1.29 is 18.6 Å². The van der Waals surface area contributed by atoms with Gasteiger partial charge in [0, 0.05) is 27.1 Å². The molecule has 156 valence electrons. The van der Waals surface area contributed by atoms with Crippen molar-refractivity contribution in [1.82, 2.24) is 5.43 Å². The van der Waals surface area contributed by atoms with Crippen molar-refractivity contribution in [2.24, 2.45) is 5.10 Å². The topological polar surface area (TPSA) is 111 Å². The van der Waals surface area contributed by atoms with Crippen molar-refractivity contribution in [1.29, 1.82) is 0 Å². The Hall–Kier alpha value is -3.72. The fourth-order valence-corrected chi connectivity index (χ4v) is 3.46. The molecule has 2 aromatic heterocycles. The molecule has 0 radical (unpaired) electrons. The number of benzene rings is 2. The summed E-state index contributed by atoms with van der Waals surface area (Å²) in [7, 11) is 0. The van der Waals surface area contributed by atoms with E-state index in [4.69, 9.17) is 8.83 Å². The third-order valence-electron chi connectivity index (χ3n) is 4.81. The van der Waals surface area contributed by atoms with Gasteiger partial charge in [0.1, 0.15) is 17.1 Å². The van der Waals surface area contributed by atoms with Crippen molar-refractivity contribution in [3.8, 4) is 11.3 Å². The van der Waals surface area contributed by atoms with Gasteiger partial charge < -0.3 is 8.83 Å². The van der Waals surface area contributed by atoms with Crippen LogP contribution >= 0.6 is 15.9 Å². The van der Waals surface area contributed by atoms with E-state index in [1.54, 1.807) is 31.2 Å². The summed E-state index contributed by atoms with van der Waals surface area (Å²) in [5.41, 5.74) is 5.01. The molecule has 0 aliphatic heterocycles. The van der Waals surface area contributed by atoms with E-state index < -0.39 is 10.8 Å². The minimum atomic E-state index is -0.500. The molecule has 4 aromatic rings. The number of halogens is 1. The molecular formula is C22H16BrN3O5. The van der Waals surface area contributed by atoms with Gasteiger partial charge in [-0.25, -0.2) is 5.43 Å². The lowest BCUT2D eigenvalue weighted by Crippen LogP contribution is -2.16. The zero-order valence-corrected chi connectivity index (χ0v) is 18.1. The van der Waals surface area contributed by atoms with Gasteiger partial charge in [0.25, 0.3) is 5.69 Å². The summed E-state index contributed by atoms with van der Waals surface area (Å²) in [6.45, 7) is 3.52. The van der Waals surface area contributed by atoms with E-state index in [1.807, 2.05) is 25.1 Å². The third-order valence-corrected chi connectivity index (χ3v) is 5.30. The predicted octanol–water partition coefficient (Wildman–Crippen LogP) is 5.74. The van der Waals surface area contributed by atoms with Crippen LogP contribution in [0.15, 0.2) is 66.9 Å². The molecule has 0 aliphatic carbocycles. The maximum absolute atomic E-state index is 12.3. The van der Waals surface area contributed by atoms with E-state index in [0.717, 1.165) is 15.4 Å². The summed E-state index contributed by atoms with van der Waals surface area (Å²) < 4.78 is 12.1. The van der Waals surface area contributed by atoms with Gasteiger partial charge >= 0.3 is 5.91 Å². The Bertz CT molecular complexity index is 1350. The SMILES string of the molecule is Cc1cc(-c2ccc(/C=N/NC(=O)c3cc4cc(Br)ccc4o3)o2)cc([N+](=O)[O-])c1C. The van der Waals surface area contributed by atoms with Crippen molar-refractivity contribution >= 4 is 44.7 Å². The molecule has 2 heterocycles. The van der Waals surface area contributed by atoms with Gasteiger partial charge in [0.15, 0.2) is 5.76 Å².